The summed E-state index contributed by atoms with van der Waals surface area (Å²) in [5.74, 6) is 0.542. The van der Waals surface area contributed by atoms with Gasteiger partial charge in [-0.25, -0.2) is 0 Å². The van der Waals surface area contributed by atoms with Crippen molar-refractivity contribution in [3.8, 4) is 0 Å². The number of aliphatic imine (C=N–C) groups is 1. The quantitative estimate of drug-likeness (QED) is 0.806. The van der Waals surface area contributed by atoms with E-state index in [1.54, 1.807) is 0 Å². The highest BCUT2D eigenvalue weighted by Crippen LogP contribution is 2.41. The summed E-state index contributed by atoms with van der Waals surface area (Å²) in [4.78, 5) is 6.58. The summed E-state index contributed by atoms with van der Waals surface area (Å²) >= 11 is 7.26. The molecule has 1 heterocycles. The molecule has 0 saturated heterocycles. The van der Waals surface area contributed by atoms with E-state index in [-0.39, 0.29) is 5.54 Å². The van der Waals surface area contributed by atoms with E-state index in [0.717, 1.165) is 14.6 Å². The van der Waals surface area contributed by atoms with E-state index in [9.17, 15) is 0 Å². The number of rotatable bonds is 2. The SMILES string of the molecule is CC1(c2ccccc2Br)CN=C(N)N1c1ccccc1Br. The second-order valence-electron chi connectivity index (χ2n) is 5.21. The van der Waals surface area contributed by atoms with Gasteiger partial charge in [0.2, 0.25) is 0 Å². The Morgan fingerprint density at radius 3 is 2.33 bits per heavy atom. The van der Waals surface area contributed by atoms with Gasteiger partial charge in [0, 0.05) is 8.95 Å². The molecule has 1 unspecified atom stereocenters. The van der Waals surface area contributed by atoms with Gasteiger partial charge in [-0.05, 0) is 46.6 Å². The monoisotopic (exact) mass is 407 g/mol. The first kappa shape index (κ1) is 14.6. The van der Waals surface area contributed by atoms with Crippen molar-refractivity contribution in [2.45, 2.75) is 12.5 Å². The van der Waals surface area contributed by atoms with E-state index in [1.165, 1.54) is 5.56 Å². The second kappa shape index (κ2) is 5.46. The van der Waals surface area contributed by atoms with Gasteiger partial charge in [0.05, 0.1) is 17.8 Å². The number of anilines is 1. The first-order valence-electron chi connectivity index (χ1n) is 6.64. The normalized spacial score (nSPS) is 21.5. The lowest BCUT2D eigenvalue weighted by atomic mass is 9.90. The van der Waals surface area contributed by atoms with Crippen molar-refractivity contribution in [1.29, 1.82) is 0 Å². The second-order valence-corrected chi connectivity index (χ2v) is 6.92. The van der Waals surface area contributed by atoms with Gasteiger partial charge in [-0.15, -0.1) is 0 Å². The van der Waals surface area contributed by atoms with Gasteiger partial charge < -0.3 is 5.73 Å². The molecule has 0 fully saturated rings. The molecule has 2 N–H and O–H groups in total. The van der Waals surface area contributed by atoms with E-state index >= 15 is 0 Å². The average Bonchev–Trinajstić information content (AvgIpc) is 2.77. The summed E-state index contributed by atoms with van der Waals surface area (Å²) in [5.41, 5.74) is 8.07. The van der Waals surface area contributed by atoms with Crippen LogP contribution in [0.5, 0.6) is 0 Å². The molecule has 3 nitrogen and oxygen atoms in total. The van der Waals surface area contributed by atoms with E-state index in [1.807, 2.05) is 42.5 Å². The van der Waals surface area contributed by atoms with Crippen LogP contribution >= 0.6 is 31.9 Å². The summed E-state index contributed by atoms with van der Waals surface area (Å²) in [6.07, 6.45) is 0. The molecule has 0 saturated carbocycles. The maximum absolute atomic E-state index is 6.18. The van der Waals surface area contributed by atoms with Gasteiger partial charge in [0.25, 0.3) is 0 Å². The van der Waals surface area contributed by atoms with E-state index in [4.69, 9.17) is 5.73 Å². The van der Waals surface area contributed by atoms with Gasteiger partial charge in [-0.3, -0.25) is 9.89 Å². The zero-order valence-electron chi connectivity index (χ0n) is 11.6. The highest BCUT2D eigenvalue weighted by Gasteiger charge is 2.42. The predicted molar refractivity (Wildman–Crippen MR) is 94.6 cm³/mol. The molecule has 108 valence electrons. The van der Waals surface area contributed by atoms with Crippen LogP contribution in [-0.2, 0) is 5.54 Å². The number of benzene rings is 2. The lowest BCUT2D eigenvalue weighted by Gasteiger charge is -2.37. The third-order valence-corrected chi connectivity index (χ3v) is 5.18. The van der Waals surface area contributed by atoms with Crippen LogP contribution in [0.15, 0.2) is 62.5 Å². The minimum Gasteiger partial charge on any atom is -0.369 e. The number of para-hydroxylation sites is 1. The van der Waals surface area contributed by atoms with Gasteiger partial charge in [0.15, 0.2) is 5.96 Å². The number of nitrogens with zero attached hydrogens (tertiary/aromatic N) is 2. The van der Waals surface area contributed by atoms with Crippen molar-refractivity contribution in [1.82, 2.24) is 0 Å². The molecule has 0 amide bonds. The molecule has 2 aromatic rings. The van der Waals surface area contributed by atoms with Crippen LogP contribution in [0.3, 0.4) is 0 Å². The number of hydrogen-bond acceptors (Lipinski definition) is 3. The summed E-state index contributed by atoms with van der Waals surface area (Å²) in [7, 11) is 0. The molecule has 0 spiro atoms. The fraction of sp³-hybridized carbons (Fsp3) is 0.188. The summed E-state index contributed by atoms with van der Waals surface area (Å²) in [6.45, 7) is 2.79. The third-order valence-electron chi connectivity index (χ3n) is 3.82. The Bertz CT molecular complexity index is 714. The van der Waals surface area contributed by atoms with Crippen LogP contribution in [-0.4, -0.2) is 12.5 Å². The zero-order valence-corrected chi connectivity index (χ0v) is 14.7. The number of nitrogens with two attached hydrogens (primary N) is 1. The van der Waals surface area contributed by atoms with Crippen molar-refractivity contribution in [3.05, 3.63) is 63.0 Å². The van der Waals surface area contributed by atoms with Crippen molar-refractivity contribution >= 4 is 43.5 Å². The predicted octanol–water partition coefficient (Wildman–Crippen LogP) is 4.26. The van der Waals surface area contributed by atoms with E-state index in [2.05, 4.69) is 54.7 Å². The molecule has 1 aliphatic rings. The Hall–Kier alpha value is -1.33. The molecule has 0 aliphatic carbocycles. The summed E-state index contributed by atoms with van der Waals surface area (Å²) < 4.78 is 2.07. The molecular formula is C16H15Br2N3. The molecule has 0 bridgehead atoms. The molecule has 1 atom stereocenters. The van der Waals surface area contributed by atoms with Crippen LogP contribution < -0.4 is 10.6 Å². The number of guanidine groups is 1. The van der Waals surface area contributed by atoms with E-state index in [0.29, 0.717) is 12.5 Å². The molecule has 0 radical (unpaired) electrons. The van der Waals surface area contributed by atoms with Crippen LogP contribution in [0.1, 0.15) is 12.5 Å². The van der Waals surface area contributed by atoms with Crippen LogP contribution in [0, 0.1) is 0 Å². The molecule has 2 aromatic carbocycles. The van der Waals surface area contributed by atoms with Crippen LogP contribution in [0.2, 0.25) is 0 Å². The highest BCUT2D eigenvalue weighted by molar-refractivity contribution is 9.11. The van der Waals surface area contributed by atoms with Crippen LogP contribution in [0.4, 0.5) is 5.69 Å². The maximum atomic E-state index is 6.18. The Morgan fingerprint density at radius 2 is 1.67 bits per heavy atom. The largest absolute Gasteiger partial charge is 0.369 e. The minimum atomic E-state index is -0.311. The summed E-state index contributed by atoms with van der Waals surface area (Å²) in [6, 6.07) is 16.3. The molecule has 21 heavy (non-hydrogen) atoms. The Labute approximate surface area is 141 Å². The van der Waals surface area contributed by atoms with Crippen molar-refractivity contribution in [3.63, 3.8) is 0 Å². The smallest absolute Gasteiger partial charge is 0.196 e. The average molecular weight is 409 g/mol. The maximum Gasteiger partial charge on any atom is 0.196 e. The topological polar surface area (TPSA) is 41.6 Å². The van der Waals surface area contributed by atoms with Crippen molar-refractivity contribution in [2.24, 2.45) is 10.7 Å². The first-order valence-corrected chi connectivity index (χ1v) is 8.22. The number of halogens is 2. The van der Waals surface area contributed by atoms with E-state index < -0.39 is 0 Å². The Kier molecular flexibility index (Phi) is 3.80. The van der Waals surface area contributed by atoms with Crippen LogP contribution in [0.25, 0.3) is 0 Å². The van der Waals surface area contributed by atoms with Crippen molar-refractivity contribution < 1.29 is 0 Å². The van der Waals surface area contributed by atoms with Crippen molar-refractivity contribution in [2.75, 3.05) is 11.4 Å². The zero-order chi connectivity index (χ0) is 15.0. The Balaban J connectivity index is 2.16. The standard InChI is InChI=1S/C16H15Br2N3/c1-16(11-6-2-3-7-12(11)17)10-20-15(19)21(16)14-9-5-4-8-13(14)18/h2-9H,10H2,1H3,(H2,19,20). The molecule has 5 heteroatoms. The van der Waals surface area contributed by atoms with Gasteiger partial charge in [0.1, 0.15) is 0 Å². The minimum absolute atomic E-state index is 0.311. The third kappa shape index (κ3) is 2.38. The molecule has 0 aromatic heterocycles. The number of hydrogen-bond donors (Lipinski definition) is 1. The Morgan fingerprint density at radius 1 is 1.05 bits per heavy atom. The van der Waals surface area contributed by atoms with Gasteiger partial charge in [-0.1, -0.05) is 46.3 Å². The lowest BCUT2D eigenvalue weighted by molar-refractivity contribution is 0.530. The molecule has 1 aliphatic heterocycles. The first-order chi connectivity index (χ1) is 10.0. The summed E-state index contributed by atoms with van der Waals surface area (Å²) in [5, 5.41) is 0. The van der Waals surface area contributed by atoms with Gasteiger partial charge >= 0.3 is 0 Å². The fourth-order valence-corrected chi connectivity index (χ4v) is 3.93. The lowest BCUT2D eigenvalue weighted by Crippen LogP contribution is -2.48. The fourth-order valence-electron chi connectivity index (χ4n) is 2.76. The molecule has 3 rings (SSSR count). The van der Waals surface area contributed by atoms with Gasteiger partial charge in [-0.2, -0.15) is 0 Å². The molecular weight excluding hydrogens is 394 g/mol. The highest BCUT2D eigenvalue weighted by atomic mass is 79.9.